The molecule has 0 aromatic rings. The fraction of sp³-hybridized carbons (Fsp3) is 0.865. The van der Waals surface area contributed by atoms with Crippen molar-refractivity contribution in [3.8, 4) is 0 Å². The van der Waals surface area contributed by atoms with Crippen LogP contribution in [0, 0.1) is 0 Å². The third-order valence-electron chi connectivity index (χ3n) is 12.8. The lowest BCUT2D eigenvalue weighted by molar-refractivity contribution is -0.359. The molecule has 12 unspecified atom stereocenters. The average molecular weight is 942 g/mol. The third-order valence-corrected chi connectivity index (χ3v) is 12.8. The molecule has 2 rings (SSSR count). The summed E-state index contributed by atoms with van der Waals surface area (Å²) in [4.78, 5) is 13.1. The largest absolute Gasteiger partial charge is 0.394 e. The standard InChI is InChI=1S/C52H95NO13/c1-3-5-7-9-11-12-13-14-15-16-17-18-19-20-21-22-23-24-25-26-27-28-30-32-34-36-44(57)53-40(41(56)35-33-31-29-10-8-6-4-2)39-63-51-49(62)47(60)50(43(38-55)65-51)66-52-48(61)46(59)45(58)42(37-54)64-52/h13-14,16-17,33,35,40-43,45-52,54-56,58-62H,3-12,15,18-32,34,36-39H2,1-2H3,(H,53,57)/b14-13-,17-16-,35-33+. The summed E-state index contributed by atoms with van der Waals surface area (Å²) in [5, 5.41) is 86.4. The van der Waals surface area contributed by atoms with Crippen LogP contribution in [0.2, 0.25) is 0 Å². The lowest BCUT2D eigenvalue weighted by atomic mass is 9.97. The Balaban J connectivity index is 1.69. The Morgan fingerprint density at radius 2 is 1.00 bits per heavy atom. The van der Waals surface area contributed by atoms with Gasteiger partial charge in [-0.05, 0) is 51.4 Å². The van der Waals surface area contributed by atoms with Crippen LogP contribution in [0.15, 0.2) is 36.5 Å². The maximum Gasteiger partial charge on any atom is 0.220 e. The van der Waals surface area contributed by atoms with E-state index in [9.17, 15) is 45.6 Å². The number of nitrogens with one attached hydrogen (secondary N) is 1. The van der Waals surface area contributed by atoms with Crippen LogP contribution in [0.25, 0.3) is 0 Å². The van der Waals surface area contributed by atoms with Crippen LogP contribution >= 0.6 is 0 Å². The van der Waals surface area contributed by atoms with Gasteiger partial charge < -0.3 is 65.1 Å². The van der Waals surface area contributed by atoms with Gasteiger partial charge in [0.05, 0.1) is 32.0 Å². The number of ether oxygens (including phenoxy) is 4. The molecule has 0 spiro atoms. The molecule has 0 radical (unpaired) electrons. The van der Waals surface area contributed by atoms with Gasteiger partial charge in [-0.2, -0.15) is 0 Å². The van der Waals surface area contributed by atoms with Crippen LogP contribution in [-0.2, 0) is 23.7 Å². The Morgan fingerprint density at radius 1 is 0.545 bits per heavy atom. The fourth-order valence-corrected chi connectivity index (χ4v) is 8.50. The highest BCUT2D eigenvalue weighted by Crippen LogP contribution is 2.30. The molecule has 9 N–H and O–H groups in total. The zero-order valence-electron chi connectivity index (χ0n) is 40.9. The van der Waals surface area contributed by atoms with Crippen molar-refractivity contribution in [1.82, 2.24) is 5.32 Å². The number of carbonyl (C=O) groups is 1. The van der Waals surface area contributed by atoms with Crippen LogP contribution in [0.1, 0.15) is 194 Å². The molecule has 14 heteroatoms. The van der Waals surface area contributed by atoms with Gasteiger partial charge in [0.15, 0.2) is 12.6 Å². The summed E-state index contributed by atoms with van der Waals surface area (Å²) in [6, 6.07) is -0.910. The molecule has 2 aliphatic heterocycles. The number of carbonyl (C=O) groups excluding carboxylic acids is 1. The molecule has 2 fully saturated rings. The van der Waals surface area contributed by atoms with E-state index in [2.05, 4.69) is 43.5 Å². The van der Waals surface area contributed by atoms with Crippen LogP contribution in [-0.4, -0.2) is 140 Å². The first-order chi connectivity index (χ1) is 32.1. The Bertz CT molecular complexity index is 1250. The van der Waals surface area contributed by atoms with Gasteiger partial charge in [-0.3, -0.25) is 4.79 Å². The van der Waals surface area contributed by atoms with Gasteiger partial charge in [-0.15, -0.1) is 0 Å². The predicted molar refractivity (Wildman–Crippen MR) is 258 cm³/mol. The minimum absolute atomic E-state index is 0.245. The molecule has 1 amide bonds. The van der Waals surface area contributed by atoms with Crippen molar-refractivity contribution in [3.05, 3.63) is 36.5 Å². The van der Waals surface area contributed by atoms with Crippen molar-refractivity contribution in [2.75, 3.05) is 19.8 Å². The van der Waals surface area contributed by atoms with Gasteiger partial charge in [0.25, 0.3) is 0 Å². The van der Waals surface area contributed by atoms with Crippen molar-refractivity contribution in [1.29, 1.82) is 0 Å². The van der Waals surface area contributed by atoms with Crippen molar-refractivity contribution in [2.24, 2.45) is 0 Å². The highest BCUT2D eigenvalue weighted by Gasteiger charge is 2.51. The molecule has 386 valence electrons. The minimum atomic E-state index is -1.79. The van der Waals surface area contributed by atoms with E-state index in [-0.39, 0.29) is 18.9 Å². The SMILES string of the molecule is CCCCCCC/C=C\C/C=C\CCCCCCCCCCCCCCCC(=O)NC(COC1OC(CO)C(OC2OC(CO)C(O)C(O)C2O)C(O)C1O)C(O)/C=C/CCCCCCC. The summed E-state index contributed by atoms with van der Waals surface area (Å²) in [5.41, 5.74) is 0. The Kier molecular flexibility index (Phi) is 35.6. The molecular weight excluding hydrogens is 847 g/mol. The van der Waals surface area contributed by atoms with Gasteiger partial charge >= 0.3 is 0 Å². The minimum Gasteiger partial charge on any atom is -0.394 e. The van der Waals surface area contributed by atoms with E-state index in [0.29, 0.717) is 6.42 Å². The van der Waals surface area contributed by atoms with E-state index >= 15 is 0 Å². The van der Waals surface area contributed by atoms with Crippen LogP contribution < -0.4 is 5.32 Å². The molecule has 2 heterocycles. The van der Waals surface area contributed by atoms with Gasteiger partial charge in [0, 0.05) is 6.42 Å². The maximum absolute atomic E-state index is 13.1. The first-order valence-electron chi connectivity index (χ1n) is 26.2. The summed E-state index contributed by atoms with van der Waals surface area (Å²) in [7, 11) is 0. The smallest absolute Gasteiger partial charge is 0.220 e. The summed E-state index contributed by atoms with van der Waals surface area (Å²) in [5.74, 6) is -0.245. The number of rotatable bonds is 40. The molecule has 0 bridgehead atoms. The molecule has 0 aromatic heterocycles. The van der Waals surface area contributed by atoms with Crippen molar-refractivity contribution in [3.63, 3.8) is 0 Å². The molecule has 0 saturated carbocycles. The third kappa shape index (κ3) is 25.7. The lowest BCUT2D eigenvalue weighted by Crippen LogP contribution is -2.65. The number of hydrogen-bond acceptors (Lipinski definition) is 13. The topological polar surface area (TPSA) is 228 Å². The van der Waals surface area contributed by atoms with Gasteiger partial charge in [-0.25, -0.2) is 0 Å². The Morgan fingerprint density at radius 3 is 1.52 bits per heavy atom. The maximum atomic E-state index is 13.1. The van der Waals surface area contributed by atoms with E-state index in [0.717, 1.165) is 57.8 Å². The first kappa shape index (κ1) is 60.3. The van der Waals surface area contributed by atoms with Gasteiger partial charge in [-0.1, -0.05) is 172 Å². The highest BCUT2D eigenvalue weighted by atomic mass is 16.7. The molecule has 66 heavy (non-hydrogen) atoms. The number of unbranched alkanes of at least 4 members (excludes halogenated alkanes) is 23. The predicted octanol–water partition coefficient (Wildman–Crippen LogP) is 7.10. The number of hydrogen-bond donors (Lipinski definition) is 9. The van der Waals surface area contributed by atoms with Crippen LogP contribution in [0.5, 0.6) is 0 Å². The second kappa shape index (κ2) is 39.0. The molecule has 14 nitrogen and oxygen atoms in total. The molecule has 0 aromatic carbocycles. The molecule has 2 aliphatic rings. The average Bonchev–Trinajstić information content (AvgIpc) is 3.31. The lowest BCUT2D eigenvalue weighted by Gasteiger charge is -2.46. The van der Waals surface area contributed by atoms with Crippen LogP contribution in [0.4, 0.5) is 0 Å². The number of aliphatic hydroxyl groups excluding tert-OH is 8. The fourth-order valence-electron chi connectivity index (χ4n) is 8.50. The quantitative estimate of drug-likeness (QED) is 0.0221. The summed E-state index contributed by atoms with van der Waals surface area (Å²) in [6.07, 6.45) is 28.0. The number of allylic oxidation sites excluding steroid dienone is 5. The van der Waals surface area contributed by atoms with Crippen molar-refractivity contribution in [2.45, 2.75) is 267 Å². The number of amides is 1. The second-order valence-corrected chi connectivity index (χ2v) is 18.6. The Hall–Kier alpha value is -1.79. The van der Waals surface area contributed by atoms with E-state index in [1.165, 1.54) is 109 Å². The second-order valence-electron chi connectivity index (χ2n) is 18.6. The van der Waals surface area contributed by atoms with Crippen LogP contribution in [0.3, 0.4) is 0 Å². The van der Waals surface area contributed by atoms with Crippen molar-refractivity contribution >= 4 is 5.91 Å². The zero-order valence-corrected chi connectivity index (χ0v) is 40.9. The summed E-state index contributed by atoms with van der Waals surface area (Å²) in [6.45, 7) is 2.70. The molecule has 12 atom stereocenters. The van der Waals surface area contributed by atoms with Gasteiger partial charge in [0.1, 0.15) is 48.8 Å². The van der Waals surface area contributed by atoms with E-state index in [4.69, 9.17) is 18.9 Å². The van der Waals surface area contributed by atoms with E-state index in [1.54, 1.807) is 6.08 Å². The highest BCUT2D eigenvalue weighted by molar-refractivity contribution is 5.76. The zero-order chi connectivity index (χ0) is 48.2. The molecular formula is C52H95NO13. The normalized spacial score (nSPS) is 27.1. The number of aliphatic hydroxyl groups is 8. The summed E-state index contributed by atoms with van der Waals surface area (Å²) < 4.78 is 22.6. The van der Waals surface area contributed by atoms with Crippen molar-refractivity contribution < 1.29 is 64.6 Å². The first-order valence-corrected chi connectivity index (χ1v) is 26.2. The molecule has 0 aliphatic carbocycles. The van der Waals surface area contributed by atoms with E-state index < -0.39 is 86.8 Å². The summed E-state index contributed by atoms with van der Waals surface area (Å²) >= 11 is 0. The van der Waals surface area contributed by atoms with Gasteiger partial charge in [0.2, 0.25) is 5.91 Å². The molecule has 2 saturated heterocycles. The van der Waals surface area contributed by atoms with E-state index in [1.807, 2.05) is 6.08 Å². The monoisotopic (exact) mass is 942 g/mol. The Labute approximate surface area is 398 Å².